The smallest absolute Gasteiger partial charge is 0.475 e. The van der Waals surface area contributed by atoms with Crippen LogP contribution in [-0.2, 0) is 17.5 Å². The summed E-state index contributed by atoms with van der Waals surface area (Å²) in [6.45, 7) is 3.45. The highest BCUT2D eigenvalue weighted by Gasteiger charge is 2.38. The van der Waals surface area contributed by atoms with Gasteiger partial charge in [-0.25, -0.2) is 4.79 Å². The Hall–Kier alpha value is -3.58. The average molecular weight is 616 g/mol. The first-order valence-electron chi connectivity index (χ1n) is 13.0. The molecule has 1 aliphatic rings. The molecule has 0 bridgehead atoms. The lowest BCUT2D eigenvalue weighted by molar-refractivity contribution is -0.192. The van der Waals surface area contributed by atoms with Crippen LogP contribution < -0.4 is 10.2 Å². The van der Waals surface area contributed by atoms with E-state index >= 15 is 0 Å². The molecular weight excluding hydrogens is 584 g/mol. The number of rotatable bonds is 7. The van der Waals surface area contributed by atoms with Crippen molar-refractivity contribution in [3.05, 3.63) is 76.7 Å². The van der Waals surface area contributed by atoms with E-state index in [1.165, 1.54) is 28.7 Å². The van der Waals surface area contributed by atoms with E-state index in [0.717, 1.165) is 44.6 Å². The highest BCUT2D eigenvalue weighted by molar-refractivity contribution is 7.17. The number of carboxylic acids is 1. The Labute approximate surface area is 243 Å². The lowest BCUT2D eigenvalue weighted by Crippen LogP contribution is -2.40. The maximum atomic E-state index is 13.0. The van der Waals surface area contributed by atoms with E-state index < -0.39 is 23.9 Å². The molecule has 1 saturated heterocycles. The Kier molecular flexibility index (Phi) is 11.0. The number of hydrogen-bond donors (Lipinski definition) is 2. The molecule has 3 aromatic rings. The molecule has 42 heavy (non-hydrogen) atoms. The fourth-order valence-electron chi connectivity index (χ4n) is 4.41. The van der Waals surface area contributed by atoms with Crippen molar-refractivity contribution < 1.29 is 41.0 Å². The predicted octanol–water partition coefficient (Wildman–Crippen LogP) is 6.78. The Morgan fingerprint density at radius 1 is 1.02 bits per heavy atom. The first kappa shape index (κ1) is 32.9. The number of anilines is 1. The third-order valence-electron chi connectivity index (χ3n) is 6.56. The van der Waals surface area contributed by atoms with Crippen molar-refractivity contribution in [2.24, 2.45) is 5.92 Å². The van der Waals surface area contributed by atoms with Crippen LogP contribution in [0.25, 0.3) is 10.4 Å². The van der Waals surface area contributed by atoms with Crippen molar-refractivity contribution in [2.45, 2.75) is 31.7 Å². The Bertz CT molecular complexity index is 1340. The van der Waals surface area contributed by atoms with Crippen LogP contribution in [0.3, 0.4) is 0 Å². The number of amides is 1. The van der Waals surface area contributed by atoms with Gasteiger partial charge >= 0.3 is 18.3 Å². The fraction of sp³-hybridized carbons (Fsp3) is 0.379. The molecule has 4 rings (SSSR count). The van der Waals surface area contributed by atoms with Crippen molar-refractivity contribution in [3.8, 4) is 10.4 Å². The van der Waals surface area contributed by atoms with Crippen molar-refractivity contribution in [2.75, 3.05) is 38.6 Å². The maximum absolute atomic E-state index is 13.0. The molecule has 2 aromatic carbocycles. The number of carbonyl (C=O) groups excluding carboxylic acids is 1. The molecule has 0 aliphatic carbocycles. The number of alkyl halides is 6. The molecule has 228 valence electrons. The second kappa shape index (κ2) is 14.1. The molecule has 2 heterocycles. The lowest BCUT2D eigenvalue weighted by Gasteiger charge is -2.33. The molecule has 0 spiro atoms. The molecule has 1 atom stereocenters. The maximum Gasteiger partial charge on any atom is 0.490 e. The van der Waals surface area contributed by atoms with Crippen LogP contribution in [0.1, 0.15) is 33.6 Å². The van der Waals surface area contributed by atoms with E-state index in [4.69, 9.17) is 9.90 Å². The van der Waals surface area contributed by atoms with Crippen molar-refractivity contribution >= 4 is 28.9 Å². The molecule has 1 unspecified atom stereocenters. The zero-order valence-corrected chi connectivity index (χ0v) is 23.7. The molecule has 1 fully saturated rings. The van der Waals surface area contributed by atoms with Gasteiger partial charge in [-0.2, -0.15) is 26.3 Å². The van der Waals surface area contributed by atoms with Gasteiger partial charge in [0.15, 0.2) is 0 Å². The Balaban J connectivity index is 0.000000616. The van der Waals surface area contributed by atoms with E-state index in [2.05, 4.69) is 39.4 Å². The summed E-state index contributed by atoms with van der Waals surface area (Å²) in [5.74, 6) is -2.56. The SMILES string of the molecule is CN(C)c1ccc(CN2CCCC(CNC(=O)c3ccc(-c4cccc(C(F)(F)F)c4)s3)C2)cc1.O=C(O)C(F)(F)F. The molecule has 2 N–H and O–H groups in total. The Morgan fingerprint density at radius 2 is 1.69 bits per heavy atom. The minimum absolute atomic E-state index is 0.176. The fourth-order valence-corrected chi connectivity index (χ4v) is 5.33. The highest BCUT2D eigenvalue weighted by atomic mass is 32.1. The van der Waals surface area contributed by atoms with Crippen molar-refractivity contribution in [1.82, 2.24) is 10.2 Å². The number of likely N-dealkylation sites (tertiary alicyclic amines) is 1. The first-order valence-corrected chi connectivity index (χ1v) is 13.8. The number of thiophene rings is 1. The van der Waals surface area contributed by atoms with Crippen LogP contribution in [-0.4, -0.2) is 61.8 Å². The number of hydrogen-bond acceptors (Lipinski definition) is 5. The van der Waals surface area contributed by atoms with Crippen molar-refractivity contribution in [3.63, 3.8) is 0 Å². The summed E-state index contributed by atoms with van der Waals surface area (Å²) in [5.41, 5.74) is 2.23. The summed E-state index contributed by atoms with van der Waals surface area (Å²) in [5, 5.41) is 10.2. The van der Waals surface area contributed by atoms with Gasteiger partial charge in [-0.3, -0.25) is 9.69 Å². The van der Waals surface area contributed by atoms with Gasteiger partial charge in [-0.1, -0.05) is 24.3 Å². The first-order chi connectivity index (χ1) is 19.6. The molecule has 6 nitrogen and oxygen atoms in total. The van der Waals surface area contributed by atoms with E-state index in [0.29, 0.717) is 27.8 Å². The number of nitrogens with one attached hydrogen (secondary N) is 1. The van der Waals surface area contributed by atoms with Crippen LogP contribution in [0.2, 0.25) is 0 Å². The van der Waals surface area contributed by atoms with E-state index in [1.54, 1.807) is 18.2 Å². The molecule has 1 amide bonds. The second-order valence-corrected chi connectivity index (χ2v) is 11.1. The molecule has 0 saturated carbocycles. The summed E-state index contributed by atoms with van der Waals surface area (Å²) in [6, 6.07) is 17.2. The van der Waals surface area contributed by atoms with Crippen LogP contribution in [0, 0.1) is 5.92 Å². The molecule has 0 radical (unpaired) electrons. The minimum Gasteiger partial charge on any atom is -0.475 e. The summed E-state index contributed by atoms with van der Waals surface area (Å²) < 4.78 is 70.8. The van der Waals surface area contributed by atoms with Gasteiger partial charge in [0.05, 0.1) is 10.4 Å². The van der Waals surface area contributed by atoms with E-state index in [1.807, 2.05) is 14.1 Å². The highest BCUT2D eigenvalue weighted by Crippen LogP contribution is 2.34. The lowest BCUT2D eigenvalue weighted by atomic mass is 9.97. The largest absolute Gasteiger partial charge is 0.490 e. The minimum atomic E-state index is -5.08. The summed E-state index contributed by atoms with van der Waals surface area (Å²) >= 11 is 1.21. The second-order valence-electron chi connectivity index (χ2n) is 10.1. The number of nitrogens with zero attached hydrogens (tertiary/aromatic N) is 2. The third kappa shape index (κ3) is 9.76. The summed E-state index contributed by atoms with van der Waals surface area (Å²) in [7, 11) is 4.06. The number of benzene rings is 2. The zero-order chi connectivity index (χ0) is 31.1. The number of piperidine rings is 1. The van der Waals surface area contributed by atoms with Crippen LogP contribution >= 0.6 is 11.3 Å². The van der Waals surface area contributed by atoms with Crippen molar-refractivity contribution in [1.29, 1.82) is 0 Å². The zero-order valence-electron chi connectivity index (χ0n) is 22.9. The molecule has 1 aromatic heterocycles. The number of carbonyl (C=O) groups is 2. The molecule has 13 heteroatoms. The van der Waals surface area contributed by atoms with Crippen LogP contribution in [0.15, 0.2) is 60.7 Å². The topological polar surface area (TPSA) is 72.9 Å². The van der Waals surface area contributed by atoms with Gasteiger partial charge in [0.2, 0.25) is 0 Å². The summed E-state index contributed by atoms with van der Waals surface area (Å²) in [4.78, 5) is 27.3. The normalized spacial score (nSPS) is 15.9. The number of aliphatic carboxylic acids is 1. The predicted molar refractivity (Wildman–Crippen MR) is 150 cm³/mol. The molecule has 1 aliphatic heterocycles. The van der Waals surface area contributed by atoms with Gasteiger partial charge in [-0.15, -0.1) is 11.3 Å². The average Bonchev–Trinajstić information content (AvgIpc) is 3.42. The van der Waals surface area contributed by atoms with Gasteiger partial charge < -0.3 is 15.3 Å². The van der Waals surface area contributed by atoms with Gasteiger partial charge in [0.1, 0.15) is 0 Å². The number of halogens is 6. The van der Waals surface area contributed by atoms with Gasteiger partial charge in [0.25, 0.3) is 5.91 Å². The van der Waals surface area contributed by atoms with Crippen LogP contribution in [0.4, 0.5) is 32.0 Å². The van der Waals surface area contributed by atoms with Gasteiger partial charge in [-0.05, 0) is 72.8 Å². The quantitative estimate of drug-likeness (QED) is 0.287. The van der Waals surface area contributed by atoms with E-state index in [-0.39, 0.29) is 5.91 Å². The molecular formula is C29H31F6N3O3S. The number of carboxylic acid groups (broad SMARTS) is 1. The summed E-state index contributed by atoms with van der Waals surface area (Å²) in [6.07, 6.45) is -7.32. The van der Waals surface area contributed by atoms with E-state index in [9.17, 15) is 31.1 Å². The third-order valence-corrected chi connectivity index (χ3v) is 7.69. The standard InChI is InChI=1S/C27H30F3N3OS.C2HF3O2/c1-32(2)23-10-8-19(9-11-23)17-33-14-4-5-20(18-33)16-31-26(34)25-13-12-24(35-25)21-6-3-7-22(15-21)27(28,29)30;3-2(4,5)1(6)7/h3,6-13,15,20H,4-5,14,16-18H2,1-2H3,(H,31,34);(H,6,7). The Morgan fingerprint density at radius 3 is 2.29 bits per heavy atom. The van der Waals surface area contributed by atoms with Crippen LogP contribution in [0.5, 0.6) is 0 Å². The van der Waals surface area contributed by atoms with Gasteiger partial charge in [0, 0.05) is 44.3 Å². The monoisotopic (exact) mass is 615 g/mol.